The summed E-state index contributed by atoms with van der Waals surface area (Å²) in [6.07, 6.45) is -1.63. The Bertz CT molecular complexity index is 1120. The summed E-state index contributed by atoms with van der Waals surface area (Å²) in [4.78, 5) is 30.9. The molecule has 3 heterocycles. The van der Waals surface area contributed by atoms with E-state index in [-0.39, 0.29) is 38.0 Å². The quantitative estimate of drug-likeness (QED) is 0.0303. The number of ether oxygens (including phenoxy) is 5. The average molecular weight is 658 g/mol. The van der Waals surface area contributed by atoms with Gasteiger partial charge < -0.3 is 60.3 Å². The summed E-state index contributed by atoms with van der Waals surface area (Å²) in [6, 6.07) is -0.684. The maximum atomic E-state index is 12.9. The van der Waals surface area contributed by atoms with E-state index in [9.17, 15) is 35.1 Å². The lowest BCUT2D eigenvalue weighted by atomic mass is 9.79. The van der Waals surface area contributed by atoms with Gasteiger partial charge in [-0.05, 0) is 7.05 Å². The lowest BCUT2D eigenvalue weighted by Crippen LogP contribution is -2.61. The summed E-state index contributed by atoms with van der Waals surface area (Å²) in [7, 11) is 4.31. The smallest absolute Gasteiger partial charge is 0.337 e. The molecule has 0 aliphatic carbocycles. The zero-order valence-electron chi connectivity index (χ0n) is 26.2. The normalized spacial score (nSPS) is 35.7. The molecule has 11 atom stereocenters. The van der Waals surface area contributed by atoms with Crippen molar-refractivity contribution in [3.8, 4) is 0 Å². The molecule has 0 amide bonds. The van der Waals surface area contributed by atoms with Gasteiger partial charge in [-0.2, -0.15) is 0 Å². The van der Waals surface area contributed by atoms with Crippen LogP contribution in [0.15, 0.2) is 41.6 Å². The monoisotopic (exact) mass is 657 g/mol. The molecular weight excluding hydrogens is 610 g/mol. The molecule has 3 rings (SSSR count). The third-order valence-electron chi connectivity index (χ3n) is 8.30. The number of aliphatic hydroxyl groups excluding tert-OH is 4. The number of hydrogen-bond acceptors (Lipinski definition) is 14. The van der Waals surface area contributed by atoms with Gasteiger partial charge in [-0.1, -0.05) is 18.2 Å². The number of aliphatic carboxylic acids is 1. The highest BCUT2D eigenvalue weighted by molar-refractivity contribution is 5.89. The van der Waals surface area contributed by atoms with Gasteiger partial charge in [-0.15, -0.1) is 6.58 Å². The minimum Gasteiger partial charge on any atom is -0.481 e. The minimum absolute atomic E-state index is 0.0237. The Hall–Kier alpha value is -3.13. The Balaban J connectivity index is 1.97. The van der Waals surface area contributed by atoms with Crippen LogP contribution >= 0.6 is 0 Å². The van der Waals surface area contributed by atoms with Crippen LogP contribution in [0, 0.1) is 23.7 Å². The zero-order valence-corrected chi connectivity index (χ0v) is 26.2. The lowest BCUT2D eigenvalue weighted by Gasteiger charge is -2.44. The third-order valence-corrected chi connectivity index (χ3v) is 8.30. The van der Waals surface area contributed by atoms with Crippen molar-refractivity contribution in [1.82, 2.24) is 15.5 Å². The van der Waals surface area contributed by atoms with E-state index in [2.05, 4.69) is 22.2 Å². The van der Waals surface area contributed by atoms with Gasteiger partial charge in [-0.3, -0.25) is 20.0 Å². The van der Waals surface area contributed by atoms with E-state index in [1.807, 2.05) is 4.90 Å². The van der Waals surface area contributed by atoms with E-state index in [0.29, 0.717) is 6.54 Å². The number of aliphatic hydroxyl groups is 4. The average Bonchev–Trinajstić information content (AvgIpc) is 3.05. The van der Waals surface area contributed by atoms with Crippen LogP contribution in [0.5, 0.6) is 0 Å². The Kier molecular flexibility index (Phi) is 14.4. The molecule has 0 spiro atoms. The third kappa shape index (κ3) is 8.81. The first-order valence-corrected chi connectivity index (χ1v) is 14.9. The zero-order chi connectivity index (χ0) is 34.0. The summed E-state index contributed by atoms with van der Waals surface area (Å²) < 4.78 is 28.3. The Morgan fingerprint density at radius 3 is 2.54 bits per heavy atom. The standard InChI is InChI=1S/C29H47N5O12/c1-5-16-17(7-6-15-10-34(8-9-35)11-18(25(39)40)21(15)33-29(30)32-3)19(26(41)42-4)13-43-27(16)46-28-24(44-14-31-2)23(38)22(37)20(12-36)45-28/h5-7,13,15-18,20-24,27-28,31,35-38H,1,8-12,14H2,2-4H3,(H,39,40)(H3,30,32,33). The second-order valence-electron chi connectivity index (χ2n) is 11.1. The number of nitrogens with zero attached hydrogens (tertiary/aromatic N) is 2. The number of carboxylic acids is 1. The predicted molar refractivity (Wildman–Crippen MR) is 162 cm³/mol. The molecule has 0 radical (unpaired) electrons. The number of piperidine rings is 1. The van der Waals surface area contributed by atoms with Crippen molar-refractivity contribution < 1.29 is 58.8 Å². The number of aliphatic imine (C=N–C) groups is 1. The fraction of sp³-hybridized carbons (Fsp3) is 0.690. The molecule has 11 unspecified atom stereocenters. The molecule has 0 saturated carbocycles. The number of nitrogens with two attached hydrogens (primary N) is 1. The van der Waals surface area contributed by atoms with Crippen LogP contribution in [-0.2, 0) is 33.3 Å². The molecule has 17 heteroatoms. The number of methoxy groups -OCH3 is 1. The summed E-state index contributed by atoms with van der Waals surface area (Å²) >= 11 is 0. The Labute approximate surface area is 267 Å². The van der Waals surface area contributed by atoms with Gasteiger partial charge in [0.25, 0.3) is 0 Å². The van der Waals surface area contributed by atoms with Gasteiger partial charge in [-0.25, -0.2) is 4.79 Å². The topological polar surface area (TPSA) is 247 Å². The van der Waals surface area contributed by atoms with Gasteiger partial charge in [0.1, 0.15) is 24.4 Å². The number of hydrogen-bond donors (Lipinski definition) is 8. The number of β-amino-alcohol motifs (C(OH)–C–C–N with tert-alkyl or cyclic N) is 1. The van der Waals surface area contributed by atoms with Crippen molar-refractivity contribution in [1.29, 1.82) is 0 Å². The summed E-state index contributed by atoms with van der Waals surface area (Å²) in [5, 5.41) is 56.3. The number of likely N-dealkylation sites (tertiary alicyclic amines) is 1. The summed E-state index contributed by atoms with van der Waals surface area (Å²) in [5.74, 6) is -4.60. The fourth-order valence-electron chi connectivity index (χ4n) is 5.87. The second kappa shape index (κ2) is 17.7. The molecule has 3 aliphatic heterocycles. The van der Waals surface area contributed by atoms with Crippen molar-refractivity contribution in [3.63, 3.8) is 0 Å². The van der Waals surface area contributed by atoms with Crippen LogP contribution in [0.25, 0.3) is 0 Å². The first-order chi connectivity index (χ1) is 22.0. The van der Waals surface area contributed by atoms with Crippen molar-refractivity contribution in [3.05, 3.63) is 36.6 Å². The van der Waals surface area contributed by atoms with Crippen molar-refractivity contribution in [2.24, 2.45) is 34.4 Å². The van der Waals surface area contributed by atoms with E-state index >= 15 is 0 Å². The molecule has 9 N–H and O–H groups in total. The number of carbonyl (C=O) groups is 2. The molecular formula is C29H47N5O12. The molecule has 0 bridgehead atoms. The van der Waals surface area contributed by atoms with Crippen LogP contribution in [0.2, 0.25) is 0 Å². The molecule has 260 valence electrons. The number of allylic oxidation sites excluding steroid dienone is 1. The molecule has 0 aromatic rings. The molecule has 46 heavy (non-hydrogen) atoms. The van der Waals surface area contributed by atoms with E-state index in [1.165, 1.54) is 26.5 Å². The number of guanidine groups is 1. The van der Waals surface area contributed by atoms with E-state index < -0.39 is 85.3 Å². The van der Waals surface area contributed by atoms with Gasteiger partial charge in [0.05, 0.1) is 56.8 Å². The van der Waals surface area contributed by atoms with Gasteiger partial charge in [0.2, 0.25) is 6.29 Å². The van der Waals surface area contributed by atoms with Crippen LogP contribution in [0.3, 0.4) is 0 Å². The number of carboxylic acid groups (broad SMARTS) is 1. The minimum atomic E-state index is -1.48. The number of rotatable bonds is 14. The summed E-state index contributed by atoms with van der Waals surface area (Å²) in [5.41, 5.74) is 6.07. The molecule has 2 fully saturated rings. The largest absolute Gasteiger partial charge is 0.481 e. The van der Waals surface area contributed by atoms with Crippen LogP contribution in [0.4, 0.5) is 0 Å². The van der Waals surface area contributed by atoms with Crippen LogP contribution in [0.1, 0.15) is 0 Å². The second-order valence-corrected chi connectivity index (χ2v) is 11.1. The van der Waals surface area contributed by atoms with E-state index in [0.717, 1.165) is 0 Å². The Morgan fingerprint density at radius 1 is 1.22 bits per heavy atom. The van der Waals surface area contributed by atoms with Gasteiger partial charge in [0, 0.05) is 38.5 Å². The van der Waals surface area contributed by atoms with E-state index in [1.54, 1.807) is 19.2 Å². The van der Waals surface area contributed by atoms with Crippen molar-refractivity contribution >= 4 is 17.9 Å². The highest BCUT2D eigenvalue weighted by Gasteiger charge is 2.49. The molecule has 2 saturated heterocycles. The molecule has 17 nitrogen and oxygen atoms in total. The van der Waals surface area contributed by atoms with Gasteiger partial charge >= 0.3 is 11.9 Å². The molecule has 3 aliphatic rings. The van der Waals surface area contributed by atoms with Crippen LogP contribution < -0.4 is 16.4 Å². The van der Waals surface area contributed by atoms with Crippen molar-refractivity contribution in [2.45, 2.75) is 43.0 Å². The predicted octanol–water partition coefficient (Wildman–Crippen LogP) is -3.08. The van der Waals surface area contributed by atoms with Crippen molar-refractivity contribution in [2.75, 3.05) is 60.8 Å². The summed E-state index contributed by atoms with van der Waals surface area (Å²) in [6.45, 7) is 3.88. The lowest BCUT2D eigenvalue weighted by molar-refractivity contribution is -0.345. The number of nitrogens with one attached hydrogen (secondary N) is 2. The van der Waals surface area contributed by atoms with Crippen LogP contribution in [-0.4, -0.2) is 152 Å². The molecule has 0 aromatic heterocycles. The first-order valence-electron chi connectivity index (χ1n) is 14.9. The highest BCUT2D eigenvalue weighted by Crippen LogP contribution is 2.37. The number of carbonyl (C=O) groups excluding carboxylic acids is 1. The van der Waals surface area contributed by atoms with E-state index in [4.69, 9.17) is 29.4 Å². The highest BCUT2D eigenvalue weighted by atomic mass is 16.8. The maximum Gasteiger partial charge on any atom is 0.337 e. The SMILES string of the molecule is C=CC1C(OC2OC(CO)C(O)C(O)C2OCNC)OC=C(C(=O)OC)C1C=CC1CN(CCO)CC(C(=O)O)C1NC(N)=NC. The molecule has 0 aromatic carbocycles. The first kappa shape index (κ1) is 37.3. The maximum absolute atomic E-state index is 12.9. The van der Waals surface area contributed by atoms with Gasteiger partial charge in [0.15, 0.2) is 12.2 Å². The fourth-order valence-corrected chi connectivity index (χ4v) is 5.87. The Morgan fingerprint density at radius 2 is 1.96 bits per heavy atom. The number of esters is 1.